The Morgan fingerprint density at radius 2 is 1.83 bits per heavy atom. The minimum absolute atomic E-state index is 0.000995. The van der Waals surface area contributed by atoms with Crippen LogP contribution in [-0.4, -0.2) is 47.9 Å². The molecule has 0 unspecified atom stereocenters. The molecule has 1 aliphatic carbocycles. The number of hydrogen-bond acceptors (Lipinski definition) is 4. The molecule has 5 heteroatoms. The van der Waals surface area contributed by atoms with Gasteiger partial charge in [-0.25, -0.2) is 0 Å². The molecule has 0 atom stereocenters. The first-order chi connectivity index (χ1) is 16.9. The van der Waals surface area contributed by atoms with E-state index in [9.17, 15) is 10.1 Å². The molecule has 0 spiro atoms. The Kier molecular flexibility index (Phi) is 5.02. The van der Waals surface area contributed by atoms with Crippen LogP contribution in [0, 0.1) is 23.7 Å². The number of anilines is 1. The zero-order chi connectivity index (χ0) is 24.3. The highest BCUT2D eigenvalue weighted by Gasteiger charge is 2.41. The first-order valence-corrected chi connectivity index (χ1v) is 12.7. The second-order valence-corrected chi connectivity index (χ2v) is 10.7. The Morgan fingerprint density at radius 3 is 2.51 bits per heavy atom. The molecule has 1 N–H and O–H groups in total. The molecule has 5 nitrogen and oxygen atoms in total. The first kappa shape index (κ1) is 22.0. The summed E-state index contributed by atoms with van der Waals surface area (Å²) >= 11 is 0. The topological polar surface area (TPSA) is 63.1 Å². The SMILES string of the molecule is C#Cc1cc2c(cc1N1CCC(N3CCCC3)CC1)C(C)(C)c1[nH]c3cc(C#N)ccc3c1C2=O. The fraction of sp³-hybridized carbons (Fsp3) is 0.400. The number of ketones is 1. The molecule has 2 aliphatic heterocycles. The minimum atomic E-state index is -0.403. The van der Waals surface area contributed by atoms with Crippen molar-refractivity contribution in [1.29, 1.82) is 5.26 Å². The standard InChI is InChI=1S/C30H30N4O/c1-4-20-16-23-24(17-26(20)34-13-9-21(10-14-34)33-11-5-6-12-33)30(2,3)29-27(28(23)35)22-8-7-19(18-31)15-25(22)32-29/h1,7-8,15-17,21,32H,5-6,9-14H2,2-3H3. The number of terminal acetylenes is 1. The summed E-state index contributed by atoms with van der Waals surface area (Å²) in [5, 5.41) is 10.2. The van der Waals surface area contributed by atoms with Gasteiger partial charge < -0.3 is 14.8 Å². The van der Waals surface area contributed by atoms with Gasteiger partial charge in [-0.05, 0) is 68.6 Å². The molecule has 0 amide bonds. The third kappa shape index (κ3) is 3.30. The highest BCUT2D eigenvalue weighted by atomic mass is 16.1. The van der Waals surface area contributed by atoms with Crippen LogP contribution < -0.4 is 4.90 Å². The van der Waals surface area contributed by atoms with E-state index in [1.807, 2.05) is 18.2 Å². The van der Waals surface area contributed by atoms with Crippen LogP contribution in [0.15, 0.2) is 30.3 Å². The highest BCUT2D eigenvalue weighted by Crippen LogP contribution is 2.45. The summed E-state index contributed by atoms with van der Waals surface area (Å²) < 4.78 is 0. The number of rotatable bonds is 2. The molecular weight excluding hydrogens is 432 g/mol. The number of nitrogens with one attached hydrogen (secondary N) is 1. The van der Waals surface area contributed by atoms with Crippen molar-refractivity contribution in [2.45, 2.75) is 51.0 Å². The van der Waals surface area contributed by atoms with Crippen molar-refractivity contribution in [3.63, 3.8) is 0 Å². The summed E-state index contributed by atoms with van der Waals surface area (Å²) in [6, 6.07) is 12.5. The van der Waals surface area contributed by atoms with E-state index in [-0.39, 0.29) is 5.78 Å². The van der Waals surface area contributed by atoms with E-state index in [1.54, 1.807) is 6.07 Å². The lowest BCUT2D eigenvalue weighted by Gasteiger charge is -2.39. The summed E-state index contributed by atoms with van der Waals surface area (Å²) in [5.41, 5.74) is 6.17. The van der Waals surface area contributed by atoms with Gasteiger partial charge in [0.1, 0.15) is 0 Å². The number of aromatic nitrogens is 1. The maximum absolute atomic E-state index is 13.8. The molecule has 2 fully saturated rings. The van der Waals surface area contributed by atoms with Gasteiger partial charge in [0.05, 0.1) is 22.9 Å². The fourth-order valence-corrected chi connectivity index (χ4v) is 6.49. The largest absolute Gasteiger partial charge is 0.370 e. The highest BCUT2D eigenvalue weighted by molar-refractivity contribution is 6.20. The Labute approximate surface area is 206 Å². The van der Waals surface area contributed by atoms with Gasteiger partial charge in [-0.2, -0.15) is 5.26 Å². The van der Waals surface area contributed by atoms with Gasteiger partial charge in [-0.3, -0.25) is 4.79 Å². The number of aromatic amines is 1. The smallest absolute Gasteiger partial charge is 0.195 e. The molecule has 1 aromatic heterocycles. The van der Waals surface area contributed by atoms with Crippen molar-refractivity contribution in [3.8, 4) is 18.4 Å². The van der Waals surface area contributed by atoms with Crippen molar-refractivity contribution in [2.75, 3.05) is 31.1 Å². The van der Waals surface area contributed by atoms with Crippen molar-refractivity contribution < 1.29 is 4.79 Å². The number of nitrogens with zero attached hydrogens (tertiary/aromatic N) is 3. The normalized spacial score (nSPS) is 19.9. The van der Waals surface area contributed by atoms with Gasteiger partial charge in [-0.1, -0.05) is 25.8 Å². The molecule has 35 heavy (non-hydrogen) atoms. The maximum atomic E-state index is 13.8. The Morgan fingerprint density at radius 1 is 1.09 bits per heavy atom. The zero-order valence-electron chi connectivity index (χ0n) is 20.4. The second kappa shape index (κ2) is 8.01. The van der Waals surface area contributed by atoms with Crippen LogP contribution in [0.2, 0.25) is 0 Å². The van der Waals surface area contributed by atoms with Crippen molar-refractivity contribution >= 4 is 22.4 Å². The van der Waals surface area contributed by atoms with Gasteiger partial charge in [0.2, 0.25) is 0 Å². The monoisotopic (exact) mass is 462 g/mol. The van der Waals surface area contributed by atoms with Crippen LogP contribution >= 0.6 is 0 Å². The van der Waals surface area contributed by atoms with Gasteiger partial charge in [0.15, 0.2) is 5.78 Å². The fourth-order valence-electron chi connectivity index (χ4n) is 6.49. The zero-order valence-corrected chi connectivity index (χ0v) is 20.4. The summed E-state index contributed by atoms with van der Waals surface area (Å²) in [4.78, 5) is 22.4. The second-order valence-electron chi connectivity index (χ2n) is 10.7. The number of piperidine rings is 1. The molecule has 3 aliphatic rings. The summed E-state index contributed by atoms with van der Waals surface area (Å²) in [6.45, 7) is 8.76. The number of nitriles is 1. The summed E-state index contributed by atoms with van der Waals surface area (Å²) in [6.07, 6.45) is 10.9. The Balaban J connectivity index is 1.41. The first-order valence-electron chi connectivity index (χ1n) is 12.7. The van der Waals surface area contributed by atoms with Crippen LogP contribution in [0.1, 0.15) is 77.8 Å². The van der Waals surface area contributed by atoms with Crippen molar-refractivity contribution in [2.24, 2.45) is 0 Å². The number of hydrogen-bond donors (Lipinski definition) is 1. The minimum Gasteiger partial charge on any atom is -0.370 e. The lowest BCUT2D eigenvalue weighted by molar-refractivity contribution is 0.103. The predicted octanol–water partition coefficient (Wildman–Crippen LogP) is 4.96. The molecule has 0 saturated carbocycles. The van der Waals surface area contributed by atoms with Gasteiger partial charge in [0, 0.05) is 52.3 Å². The Hall–Kier alpha value is -3.54. The van der Waals surface area contributed by atoms with Crippen LogP contribution in [0.4, 0.5) is 5.69 Å². The summed E-state index contributed by atoms with van der Waals surface area (Å²) in [5.74, 6) is 2.88. The molecule has 2 aromatic carbocycles. The van der Waals surface area contributed by atoms with Crippen LogP contribution in [-0.2, 0) is 5.41 Å². The van der Waals surface area contributed by atoms with Gasteiger partial charge in [0.25, 0.3) is 0 Å². The number of carbonyl (C=O) groups is 1. The average molecular weight is 463 g/mol. The van der Waals surface area contributed by atoms with Crippen molar-refractivity contribution in [1.82, 2.24) is 9.88 Å². The molecule has 6 rings (SSSR count). The van der Waals surface area contributed by atoms with E-state index in [4.69, 9.17) is 6.42 Å². The van der Waals surface area contributed by atoms with E-state index >= 15 is 0 Å². The lowest BCUT2D eigenvalue weighted by atomic mass is 9.70. The molecule has 2 saturated heterocycles. The van der Waals surface area contributed by atoms with Crippen LogP contribution in [0.25, 0.3) is 10.9 Å². The van der Waals surface area contributed by atoms with E-state index in [2.05, 4.69) is 46.7 Å². The predicted molar refractivity (Wildman–Crippen MR) is 139 cm³/mol. The van der Waals surface area contributed by atoms with Gasteiger partial charge in [-0.15, -0.1) is 6.42 Å². The van der Waals surface area contributed by atoms with E-state index in [0.717, 1.165) is 59.3 Å². The number of likely N-dealkylation sites (tertiary alicyclic amines) is 1. The van der Waals surface area contributed by atoms with Crippen molar-refractivity contribution in [3.05, 3.63) is 63.8 Å². The molecule has 0 bridgehead atoms. The molecule has 3 heterocycles. The number of fused-ring (bicyclic) bond motifs is 4. The molecular formula is C30H30N4O. The van der Waals surface area contributed by atoms with Crippen LogP contribution in [0.3, 0.4) is 0 Å². The number of carbonyl (C=O) groups excluding carboxylic acids is 1. The summed E-state index contributed by atoms with van der Waals surface area (Å²) in [7, 11) is 0. The third-order valence-corrected chi connectivity index (χ3v) is 8.45. The Bertz CT molecular complexity index is 1430. The molecule has 176 valence electrons. The van der Waals surface area contributed by atoms with E-state index < -0.39 is 5.41 Å². The van der Waals surface area contributed by atoms with E-state index in [1.165, 1.54) is 25.9 Å². The van der Waals surface area contributed by atoms with E-state index in [0.29, 0.717) is 22.7 Å². The third-order valence-electron chi connectivity index (χ3n) is 8.45. The average Bonchev–Trinajstić information content (AvgIpc) is 3.55. The number of benzene rings is 2. The van der Waals surface area contributed by atoms with Gasteiger partial charge >= 0.3 is 0 Å². The number of H-pyrrole nitrogens is 1. The van der Waals surface area contributed by atoms with Crippen LogP contribution in [0.5, 0.6) is 0 Å². The molecule has 3 aromatic rings. The lowest BCUT2D eigenvalue weighted by Crippen LogP contribution is -2.44. The molecule has 0 radical (unpaired) electrons. The maximum Gasteiger partial charge on any atom is 0.195 e. The quantitative estimate of drug-likeness (QED) is 0.547.